The summed E-state index contributed by atoms with van der Waals surface area (Å²) in [6, 6.07) is 7.96. The maximum Gasteiger partial charge on any atom is 0.407 e. The third kappa shape index (κ3) is 5.94. The molecular formula is C24H34ClN3O4. The van der Waals surface area contributed by atoms with E-state index in [1.807, 2.05) is 50.8 Å². The fourth-order valence-electron chi connectivity index (χ4n) is 4.55. The summed E-state index contributed by atoms with van der Waals surface area (Å²) < 4.78 is 10.9. The van der Waals surface area contributed by atoms with Crippen LogP contribution in [0.15, 0.2) is 29.3 Å². The van der Waals surface area contributed by atoms with Crippen LogP contribution in [0.4, 0.5) is 4.79 Å². The molecule has 1 aromatic rings. The Kier molecular flexibility index (Phi) is 7.70. The molecule has 1 N–H and O–H groups in total. The molecular weight excluding hydrogens is 430 g/mol. The molecule has 0 atom stereocenters. The number of aliphatic imine (C=N–C) groups is 1. The average molecular weight is 464 g/mol. The Hall–Kier alpha value is -2.28. The maximum absolute atomic E-state index is 12.8. The van der Waals surface area contributed by atoms with Gasteiger partial charge in [0, 0.05) is 29.6 Å². The van der Waals surface area contributed by atoms with Gasteiger partial charge in [0.2, 0.25) is 0 Å². The van der Waals surface area contributed by atoms with Crippen molar-refractivity contribution in [2.24, 2.45) is 4.99 Å². The van der Waals surface area contributed by atoms with E-state index in [0.717, 1.165) is 31.2 Å². The Morgan fingerprint density at radius 2 is 2.03 bits per heavy atom. The molecule has 0 aromatic heterocycles. The van der Waals surface area contributed by atoms with Crippen LogP contribution < -0.4 is 5.32 Å². The second-order valence-corrected chi connectivity index (χ2v) is 9.93. The molecule has 0 spiro atoms. The summed E-state index contributed by atoms with van der Waals surface area (Å²) in [5.41, 5.74) is 0.272. The van der Waals surface area contributed by atoms with Gasteiger partial charge >= 0.3 is 12.0 Å². The van der Waals surface area contributed by atoms with Crippen molar-refractivity contribution in [3.8, 4) is 0 Å². The van der Waals surface area contributed by atoms with Gasteiger partial charge in [-0.25, -0.2) is 9.79 Å². The first-order valence-corrected chi connectivity index (χ1v) is 11.7. The lowest BCUT2D eigenvalue weighted by Gasteiger charge is -2.44. The largest absolute Gasteiger partial charge is 0.474 e. The topological polar surface area (TPSA) is 80.2 Å². The Labute approximate surface area is 195 Å². The number of alkyl carbamates (subject to hydrolysis) is 1. The number of hydrogen-bond donors (Lipinski definition) is 1. The van der Waals surface area contributed by atoms with Crippen LogP contribution in [0.2, 0.25) is 5.02 Å². The van der Waals surface area contributed by atoms with Crippen molar-refractivity contribution < 1.29 is 19.1 Å². The van der Waals surface area contributed by atoms with Gasteiger partial charge in [-0.15, -0.1) is 0 Å². The molecule has 176 valence electrons. The van der Waals surface area contributed by atoms with Crippen LogP contribution in [0.3, 0.4) is 0 Å². The van der Waals surface area contributed by atoms with Gasteiger partial charge in [0.05, 0.1) is 13.2 Å². The molecule has 0 unspecified atom stereocenters. The second-order valence-electron chi connectivity index (χ2n) is 9.50. The van der Waals surface area contributed by atoms with Gasteiger partial charge < -0.3 is 19.7 Å². The zero-order valence-corrected chi connectivity index (χ0v) is 20.2. The number of benzene rings is 1. The van der Waals surface area contributed by atoms with Crippen molar-refractivity contribution in [3.63, 3.8) is 0 Å². The van der Waals surface area contributed by atoms with E-state index >= 15 is 0 Å². The molecule has 0 saturated heterocycles. The van der Waals surface area contributed by atoms with Crippen LogP contribution in [0, 0.1) is 0 Å². The van der Waals surface area contributed by atoms with Crippen LogP contribution >= 0.6 is 11.6 Å². The lowest BCUT2D eigenvalue weighted by atomic mass is 9.67. The molecule has 1 aliphatic heterocycles. The average Bonchev–Trinajstić information content (AvgIpc) is 2.73. The van der Waals surface area contributed by atoms with Crippen molar-refractivity contribution in [2.45, 2.75) is 70.4 Å². The maximum atomic E-state index is 12.8. The molecule has 32 heavy (non-hydrogen) atoms. The monoisotopic (exact) mass is 463 g/mol. The number of halogens is 1. The molecule has 0 bridgehead atoms. The van der Waals surface area contributed by atoms with Gasteiger partial charge in [-0.1, -0.05) is 23.7 Å². The lowest BCUT2D eigenvalue weighted by Crippen LogP contribution is -2.52. The third-order valence-electron chi connectivity index (χ3n) is 6.08. The van der Waals surface area contributed by atoms with Crippen LogP contribution in [-0.2, 0) is 19.7 Å². The number of amides is 2. The SMILES string of the molecule is CCOC1=NCCN(C2CCC(CNC(=O)OC(C)(C)C)(c3cccc(Cl)c3)CC2)C1=O. The highest BCUT2D eigenvalue weighted by Crippen LogP contribution is 2.41. The number of hydrogen-bond acceptors (Lipinski definition) is 5. The van der Waals surface area contributed by atoms with Crippen LogP contribution in [0.25, 0.3) is 0 Å². The number of ether oxygens (including phenoxy) is 2. The van der Waals surface area contributed by atoms with E-state index < -0.39 is 11.7 Å². The molecule has 1 heterocycles. The highest BCUT2D eigenvalue weighted by molar-refractivity contribution is 6.35. The third-order valence-corrected chi connectivity index (χ3v) is 6.32. The summed E-state index contributed by atoms with van der Waals surface area (Å²) in [5.74, 6) is 0.0993. The highest BCUT2D eigenvalue weighted by Gasteiger charge is 2.41. The molecule has 7 nitrogen and oxygen atoms in total. The summed E-state index contributed by atoms with van der Waals surface area (Å²) >= 11 is 6.30. The number of carbonyl (C=O) groups is 2. The van der Waals surface area contributed by atoms with Crippen molar-refractivity contribution >= 4 is 29.5 Å². The van der Waals surface area contributed by atoms with E-state index in [1.165, 1.54) is 0 Å². The number of nitrogens with zero attached hydrogens (tertiary/aromatic N) is 2. The predicted molar refractivity (Wildman–Crippen MR) is 125 cm³/mol. The first kappa shape index (κ1) is 24.4. The molecule has 2 amide bonds. The molecule has 8 heteroatoms. The summed E-state index contributed by atoms with van der Waals surface area (Å²) in [7, 11) is 0. The van der Waals surface area contributed by atoms with Gasteiger partial charge in [0.1, 0.15) is 5.60 Å². The van der Waals surface area contributed by atoms with E-state index in [4.69, 9.17) is 21.1 Å². The first-order valence-electron chi connectivity index (χ1n) is 11.3. The lowest BCUT2D eigenvalue weighted by molar-refractivity contribution is -0.129. The van der Waals surface area contributed by atoms with Crippen molar-refractivity contribution in [1.29, 1.82) is 0 Å². The van der Waals surface area contributed by atoms with Crippen LogP contribution in [0.5, 0.6) is 0 Å². The van der Waals surface area contributed by atoms with Crippen molar-refractivity contribution in [1.82, 2.24) is 10.2 Å². The fourth-order valence-corrected chi connectivity index (χ4v) is 4.74. The highest BCUT2D eigenvalue weighted by atomic mass is 35.5. The Balaban J connectivity index is 1.73. The zero-order chi connectivity index (χ0) is 23.4. The van der Waals surface area contributed by atoms with E-state index in [2.05, 4.69) is 16.4 Å². The van der Waals surface area contributed by atoms with Crippen molar-refractivity contribution in [2.75, 3.05) is 26.2 Å². The first-order chi connectivity index (χ1) is 15.1. The molecule has 1 aromatic carbocycles. The number of rotatable bonds is 5. The van der Waals surface area contributed by atoms with Gasteiger partial charge in [0.15, 0.2) is 0 Å². The van der Waals surface area contributed by atoms with Gasteiger partial charge in [-0.05, 0) is 71.1 Å². The van der Waals surface area contributed by atoms with Gasteiger partial charge in [-0.2, -0.15) is 0 Å². The van der Waals surface area contributed by atoms with E-state index in [9.17, 15) is 9.59 Å². The van der Waals surface area contributed by atoms with Gasteiger partial charge in [-0.3, -0.25) is 4.79 Å². The van der Waals surface area contributed by atoms with E-state index in [1.54, 1.807) is 0 Å². The predicted octanol–water partition coefficient (Wildman–Crippen LogP) is 4.32. The second kappa shape index (κ2) is 10.1. The minimum absolute atomic E-state index is 0.120. The minimum atomic E-state index is -0.556. The van der Waals surface area contributed by atoms with Crippen LogP contribution in [-0.4, -0.2) is 60.7 Å². The summed E-state index contributed by atoms with van der Waals surface area (Å²) in [4.78, 5) is 31.3. The quantitative estimate of drug-likeness (QED) is 0.705. The Morgan fingerprint density at radius 3 is 2.66 bits per heavy atom. The molecule has 1 saturated carbocycles. The molecule has 0 radical (unpaired) electrons. The minimum Gasteiger partial charge on any atom is -0.474 e. The molecule has 2 aliphatic rings. The summed E-state index contributed by atoms with van der Waals surface area (Å²) in [5, 5.41) is 3.64. The van der Waals surface area contributed by atoms with Crippen molar-refractivity contribution in [3.05, 3.63) is 34.9 Å². The normalized spacial score (nSPS) is 24.0. The summed E-state index contributed by atoms with van der Waals surface area (Å²) in [6.45, 7) is 9.45. The van der Waals surface area contributed by atoms with Gasteiger partial charge in [0.25, 0.3) is 5.90 Å². The molecule has 3 rings (SSSR count). The Bertz CT molecular complexity index is 857. The molecule has 1 fully saturated rings. The fraction of sp³-hybridized carbons (Fsp3) is 0.625. The number of carbonyl (C=O) groups excluding carboxylic acids is 2. The standard InChI is InChI=1S/C24H34ClN3O4/c1-5-31-20-21(29)28(14-13-26-20)19-9-11-24(12-10-19,17-7-6-8-18(25)15-17)16-27-22(30)32-23(2,3)4/h6-8,15,19H,5,9-14,16H2,1-4H3,(H,27,30). The number of nitrogens with one attached hydrogen (secondary N) is 1. The molecule has 1 aliphatic carbocycles. The smallest absolute Gasteiger partial charge is 0.407 e. The zero-order valence-electron chi connectivity index (χ0n) is 19.4. The van der Waals surface area contributed by atoms with E-state index in [-0.39, 0.29) is 23.3 Å². The van der Waals surface area contributed by atoms with Crippen LogP contribution in [0.1, 0.15) is 58.9 Å². The van der Waals surface area contributed by atoms with E-state index in [0.29, 0.717) is 31.3 Å². The summed E-state index contributed by atoms with van der Waals surface area (Å²) in [6.07, 6.45) is 2.86. The Morgan fingerprint density at radius 1 is 1.31 bits per heavy atom.